The molecule has 12 heteroatoms. The van der Waals surface area contributed by atoms with Crippen LogP contribution in [0.15, 0.2) is 40.1 Å². The van der Waals surface area contributed by atoms with Crippen LogP contribution in [0, 0.1) is 0 Å². The number of thiophene rings is 1. The van der Waals surface area contributed by atoms with Crippen molar-refractivity contribution in [3.8, 4) is 11.5 Å². The minimum Gasteiger partial charge on any atom is -0.486 e. The predicted octanol–water partition coefficient (Wildman–Crippen LogP) is 4.26. The van der Waals surface area contributed by atoms with Gasteiger partial charge in [-0.15, -0.1) is 21.5 Å². The number of anilines is 2. The molecule has 2 amide bonds. The topological polar surface area (TPSA) is 103 Å². The Morgan fingerprint density at radius 3 is 2.84 bits per heavy atom. The second-order valence-corrected chi connectivity index (χ2v) is 9.63. The standard InChI is InChI=1S/C20H20N4O5S3/c1-2-27-19(26)21-18-22-23-20(32-18)31-12-17(25)24(11-14-4-3-9-30-14)13-5-6-15-16(10-13)29-8-7-28-15/h3-6,9-10H,2,7-8,11-12H2,1H3,(H,21,22,26). The first kappa shape index (κ1) is 22.4. The zero-order valence-electron chi connectivity index (χ0n) is 17.1. The molecule has 0 aliphatic carbocycles. The molecule has 1 aromatic carbocycles. The van der Waals surface area contributed by atoms with Gasteiger partial charge >= 0.3 is 6.09 Å². The van der Waals surface area contributed by atoms with E-state index in [4.69, 9.17) is 14.2 Å². The van der Waals surface area contributed by atoms with Gasteiger partial charge in [-0.25, -0.2) is 4.79 Å². The summed E-state index contributed by atoms with van der Waals surface area (Å²) in [6, 6.07) is 9.46. The Balaban J connectivity index is 1.45. The summed E-state index contributed by atoms with van der Waals surface area (Å²) in [6.07, 6.45) is -0.586. The first-order valence-corrected chi connectivity index (χ1v) is 12.4. The van der Waals surface area contributed by atoms with Crippen molar-refractivity contribution in [2.75, 3.05) is 35.8 Å². The summed E-state index contributed by atoms with van der Waals surface area (Å²) in [6.45, 7) is 3.42. The van der Waals surface area contributed by atoms with Crippen LogP contribution in [-0.4, -0.2) is 47.8 Å². The van der Waals surface area contributed by atoms with Gasteiger partial charge < -0.3 is 19.1 Å². The van der Waals surface area contributed by atoms with Gasteiger partial charge in [0.2, 0.25) is 11.0 Å². The van der Waals surface area contributed by atoms with Crippen LogP contribution in [0.3, 0.4) is 0 Å². The lowest BCUT2D eigenvalue weighted by Crippen LogP contribution is -2.31. The van der Waals surface area contributed by atoms with Crippen molar-refractivity contribution in [3.63, 3.8) is 0 Å². The molecule has 0 unspecified atom stereocenters. The Morgan fingerprint density at radius 1 is 1.22 bits per heavy atom. The van der Waals surface area contributed by atoms with Crippen LogP contribution < -0.4 is 19.7 Å². The average molecular weight is 493 g/mol. The maximum absolute atomic E-state index is 13.2. The van der Waals surface area contributed by atoms with E-state index in [9.17, 15) is 9.59 Å². The number of carbonyl (C=O) groups excluding carboxylic acids is 2. The minimum absolute atomic E-state index is 0.0878. The molecule has 9 nitrogen and oxygen atoms in total. The molecular formula is C20H20N4O5S3. The number of benzene rings is 1. The third-order valence-corrected chi connectivity index (χ3v) is 7.06. The van der Waals surface area contributed by atoms with Crippen molar-refractivity contribution in [2.45, 2.75) is 17.8 Å². The molecule has 0 bridgehead atoms. The van der Waals surface area contributed by atoms with Gasteiger partial charge in [0.1, 0.15) is 13.2 Å². The lowest BCUT2D eigenvalue weighted by Gasteiger charge is -2.25. The highest BCUT2D eigenvalue weighted by Crippen LogP contribution is 2.35. The van der Waals surface area contributed by atoms with Crippen LogP contribution in [0.4, 0.5) is 15.6 Å². The molecule has 168 valence electrons. The minimum atomic E-state index is -0.586. The van der Waals surface area contributed by atoms with Crippen molar-refractivity contribution < 1.29 is 23.8 Å². The van der Waals surface area contributed by atoms with Crippen molar-refractivity contribution in [2.24, 2.45) is 0 Å². The maximum Gasteiger partial charge on any atom is 0.413 e. The lowest BCUT2D eigenvalue weighted by atomic mass is 10.2. The van der Waals surface area contributed by atoms with Gasteiger partial charge in [0.25, 0.3) is 0 Å². The second kappa shape index (κ2) is 10.7. The van der Waals surface area contributed by atoms with E-state index in [-0.39, 0.29) is 18.3 Å². The zero-order chi connectivity index (χ0) is 22.3. The maximum atomic E-state index is 13.2. The molecule has 32 heavy (non-hydrogen) atoms. The fraction of sp³-hybridized carbons (Fsp3) is 0.300. The molecular weight excluding hydrogens is 472 g/mol. The van der Waals surface area contributed by atoms with E-state index >= 15 is 0 Å². The first-order chi connectivity index (χ1) is 15.6. The number of rotatable bonds is 8. The van der Waals surface area contributed by atoms with Gasteiger partial charge in [-0.3, -0.25) is 10.1 Å². The molecule has 3 heterocycles. The Labute approximate surface area is 196 Å². The van der Waals surface area contributed by atoms with Gasteiger partial charge in [0, 0.05) is 16.6 Å². The summed E-state index contributed by atoms with van der Waals surface area (Å²) in [4.78, 5) is 27.5. The van der Waals surface area contributed by atoms with E-state index < -0.39 is 6.09 Å². The molecule has 0 fully saturated rings. The van der Waals surface area contributed by atoms with E-state index in [1.807, 2.05) is 35.7 Å². The highest BCUT2D eigenvalue weighted by atomic mass is 32.2. The average Bonchev–Trinajstić information content (AvgIpc) is 3.48. The van der Waals surface area contributed by atoms with Crippen molar-refractivity contribution in [1.82, 2.24) is 10.2 Å². The van der Waals surface area contributed by atoms with E-state index in [0.717, 1.165) is 10.6 Å². The number of nitrogens with one attached hydrogen (secondary N) is 1. The Bertz CT molecular complexity index is 1070. The number of hydrogen-bond donors (Lipinski definition) is 1. The molecule has 0 saturated heterocycles. The normalized spacial score (nSPS) is 12.3. The highest BCUT2D eigenvalue weighted by molar-refractivity contribution is 8.01. The summed E-state index contributed by atoms with van der Waals surface area (Å²) in [5, 5.41) is 12.7. The summed E-state index contributed by atoms with van der Waals surface area (Å²) in [5.74, 6) is 1.38. The number of ether oxygens (including phenoxy) is 3. The summed E-state index contributed by atoms with van der Waals surface area (Å²) in [5.41, 5.74) is 0.732. The molecule has 0 atom stereocenters. The number of fused-ring (bicyclic) bond motifs is 1. The van der Waals surface area contributed by atoms with Gasteiger partial charge in [-0.2, -0.15) is 0 Å². The van der Waals surface area contributed by atoms with Crippen LogP contribution in [0.2, 0.25) is 0 Å². The molecule has 1 aliphatic rings. The Morgan fingerprint density at radius 2 is 2.06 bits per heavy atom. The van der Waals surface area contributed by atoms with E-state index in [0.29, 0.717) is 40.7 Å². The molecule has 0 radical (unpaired) electrons. The third kappa shape index (κ3) is 5.69. The third-order valence-electron chi connectivity index (χ3n) is 4.24. The zero-order valence-corrected chi connectivity index (χ0v) is 19.6. The Kier molecular flexibility index (Phi) is 7.45. The molecule has 0 spiro atoms. The predicted molar refractivity (Wildman–Crippen MR) is 124 cm³/mol. The van der Waals surface area contributed by atoms with E-state index in [1.54, 1.807) is 23.2 Å². The highest BCUT2D eigenvalue weighted by Gasteiger charge is 2.21. The monoisotopic (exact) mass is 492 g/mol. The van der Waals surface area contributed by atoms with Gasteiger partial charge in [0.05, 0.1) is 18.9 Å². The molecule has 1 aliphatic heterocycles. The van der Waals surface area contributed by atoms with Gasteiger partial charge in [-0.05, 0) is 30.5 Å². The number of carbonyl (C=O) groups is 2. The fourth-order valence-corrected chi connectivity index (χ4v) is 5.16. The quantitative estimate of drug-likeness (QED) is 0.367. The molecule has 4 rings (SSSR count). The Hall–Kier alpha value is -2.83. The molecule has 3 aromatic rings. The van der Waals surface area contributed by atoms with Crippen molar-refractivity contribution in [1.29, 1.82) is 0 Å². The van der Waals surface area contributed by atoms with E-state index in [1.165, 1.54) is 23.1 Å². The molecule has 2 aromatic heterocycles. The SMILES string of the molecule is CCOC(=O)Nc1nnc(SCC(=O)N(Cc2cccs2)c2ccc3c(c2)OCCO3)s1. The van der Waals surface area contributed by atoms with E-state index in [2.05, 4.69) is 15.5 Å². The summed E-state index contributed by atoms with van der Waals surface area (Å²) < 4.78 is 16.7. The number of amides is 2. The summed E-state index contributed by atoms with van der Waals surface area (Å²) in [7, 11) is 0. The number of nitrogens with zero attached hydrogens (tertiary/aromatic N) is 3. The van der Waals surface area contributed by atoms with Crippen molar-refractivity contribution in [3.05, 3.63) is 40.6 Å². The lowest BCUT2D eigenvalue weighted by molar-refractivity contribution is -0.116. The van der Waals surface area contributed by atoms with Crippen LogP contribution in [0.25, 0.3) is 0 Å². The molecule has 0 saturated carbocycles. The first-order valence-electron chi connectivity index (χ1n) is 9.75. The van der Waals surface area contributed by atoms with Gasteiger partial charge in [0.15, 0.2) is 15.8 Å². The van der Waals surface area contributed by atoms with Crippen LogP contribution in [0.1, 0.15) is 11.8 Å². The number of thioether (sulfide) groups is 1. The van der Waals surface area contributed by atoms with Crippen LogP contribution in [0.5, 0.6) is 11.5 Å². The van der Waals surface area contributed by atoms with Crippen LogP contribution in [-0.2, 0) is 16.1 Å². The smallest absolute Gasteiger partial charge is 0.413 e. The largest absolute Gasteiger partial charge is 0.486 e. The van der Waals surface area contributed by atoms with Crippen LogP contribution >= 0.6 is 34.4 Å². The second-order valence-electron chi connectivity index (χ2n) is 6.39. The van der Waals surface area contributed by atoms with Crippen molar-refractivity contribution >= 4 is 57.3 Å². The summed E-state index contributed by atoms with van der Waals surface area (Å²) >= 11 is 4.04. The molecule has 1 N–H and O–H groups in total. The fourth-order valence-electron chi connectivity index (χ4n) is 2.86. The number of hydrogen-bond acceptors (Lipinski definition) is 10. The van der Waals surface area contributed by atoms with Gasteiger partial charge in [-0.1, -0.05) is 29.2 Å². The number of aromatic nitrogens is 2.